The Morgan fingerprint density at radius 3 is 2.94 bits per heavy atom. The van der Waals surface area contributed by atoms with Gasteiger partial charge in [0.15, 0.2) is 5.03 Å². The van der Waals surface area contributed by atoms with Gasteiger partial charge in [-0.05, 0) is 12.8 Å². The van der Waals surface area contributed by atoms with Crippen LogP contribution >= 0.6 is 0 Å². The average molecular weight is 245 g/mol. The van der Waals surface area contributed by atoms with Gasteiger partial charge in [-0.25, -0.2) is 13.4 Å². The van der Waals surface area contributed by atoms with Crippen LogP contribution in [0.4, 0.5) is 0 Å². The molecule has 16 heavy (non-hydrogen) atoms. The molecule has 0 bridgehead atoms. The highest BCUT2D eigenvalue weighted by molar-refractivity contribution is 7.89. The molecule has 1 saturated heterocycles. The van der Waals surface area contributed by atoms with E-state index in [4.69, 9.17) is 5.11 Å². The molecule has 0 aliphatic carbocycles. The maximum atomic E-state index is 12.2. The summed E-state index contributed by atoms with van der Waals surface area (Å²) in [5, 5.41) is 9.17. The van der Waals surface area contributed by atoms with Gasteiger partial charge in [0.05, 0.1) is 12.9 Å². The van der Waals surface area contributed by atoms with Gasteiger partial charge in [0.2, 0.25) is 0 Å². The summed E-state index contributed by atoms with van der Waals surface area (Å²) in [6.45, 7) is 0.330. The summed E-state index contributed by atoms with van der Waals surface area (Å²) in [5.74, 6) is 0. The van der Waals surface area contributed by atoms with Crippen molar-refractivity contribution in [2.75, 3.05) is 13.2 Å². The van der Waals surface area contributed by atoms with E-state index in [2.05, 4.69) is 4.98 Å². The molecule has 1 aliphatic heterocycles. The first kappa shape index (κ1) is 11.6. The molecule has 0 radical (unpaired) electrons. The molecule has 0 aromatic carbocycles. The molecule has 2 heterocycles. The van der Waals surface area contributed by atoms with Crippen molar-refractivity contribution in [3.8, 4) is 0 Å². The fraction of sp³-hybridized carbons (Fsp3) is 0.667. The molecule has 2 rings (SSSR count). The van der Waals surface area contributed by atoms with Crippen LogP contribution in [0.15, 0.2) is 17.6 Å². The fourth-order valence-corrected chi connectivity index (χ4v) is 3.60. The van der Waals surface area contributed by atoms with Crippen molar-refractivity contribution in [2.45, 2.75) is 23.9 Å². The Morgan fingerprint density at radius 2 is 2.38 bits per heavy atom. The van der Waals surface area contributed by atoms with Crippen LogP contribution in [0.25, 0.3) is 0 Å². The Kier molecular flexibility index (Phi) is 3.00. The maximum Gasteiger partial charge on any atom is 0.262 e. The van der Waals surface area contributed by atoms with Crippen LogP contribution in [0.2, 0.25) is 0 Å². The Balaban J connectivity index is 2.32. The maximum absolute atomic E-state index is 12.2. The number of rotatable bonds is 3. The third-order valence-corrected chi connectivity index (χ3v) is 4.63. The SMILES string of the molecule is Cn1cnc(S(=O)(=O)N2CCC[C@@H]2CO)c1. The summed E-state index contributed by atoms with van der Waals surface area (Å²) in [6, 6.07) is -0.299. The van der Waals surface area contributed by atoms with Gasteiger partial charge >= 0.3 is 0 Å². The second kappa shape index (κ2) is 4.15. The van der Waals surface area contributed by atoms with Crippen molar-refractivity contribution in [1.29, 1.82) is 0 Å². The van der Waals surface area contributed by atoms with Crippen LogP contribution in [0.5, 0.6) is 0 Å². The number of imidazole rings is 1. The second-order valence-corrected chi connectivity index (χ2v) is 5.81. The second-order valence-electron chi connectivity index (χ2n) is 3.97. The molecular weight excluding hydrogens is 230 g/mol. The molecule has 0 amide bonds. The number of aliphatic hydroxyl groups excluding tert-OH is 1. The normalized spacial score (nSPS) is 22.8. The minimum absolute atomic E-state index is 0.0513. The van der Waals surface area contributed by atoms with Crippen LogP contribution < -0.4 is 0 Å². The van der Waals surface area contributed by atoms with Crippen molar-refractivity contribution in [3.63, 3.8) is 0 Å². The highest BCUT2D eigenvalue weighted by Gasteiger charge is 2.35. The van der Waals surface area contributed by atoms with Crippen LogP contribution in [0.1, 0.15) is 12.8 Å². The first-order valence-corrected chi connectivity index (χ1v) is 6.60. The van der Waals surface area contributed by atoms with E-state index in [1.807, 2.05) is 0 Å². The van der Waals surface area contributed by atoms with Gasteiger partial charge in [-0.3, -0.25) is 0 Å². The average Bonchev–Trinajstić information content (AvgIpc) is 2.85. The third-order valence-electron chi connectivity index (χ3n) is 2.79. The number of aryl methyl sites for hydroxylation is 1. The van der Waals surface area contributed by atoms with Crippen LogP contribution in [-0.2, 0) is 17.1 Å². The van der Waals surface area contributed by atoms with E-state index < -0.39 is 10.0 Å². The first-order valence-electron chi connectivity index (χ1n) is 5.16. The Labute approximate surface area is 94.6 Å². The summed E-state index contributed by atoms with van der Waals surface area (Å²) in [7, 11) is -1.82. The summed E-state index contributed by atoms with van der Waals surface area (Å²) in [6.07, 6.45) is 4.43. The Hall–Kier alpha value is -0.920. The Morgan fingerprint density at radius 1 is 1.62 bits per heavy atom. The zero-order chi connectivity index (χ0) is 11.8. The van der Waals surface area contributed by atoms with Gasteiger partial charge in [0.25, 0.3) is 10.0 Å². The first-order chi connectivity index (χ1) is 7.55. The van der Waals surface area contributed by atoms with E-state index in [0.717, 1.165) is 6.42 Å². The van der Waals surface area contributed by atoms with Gasteiger partial charge < -0.3 is 9.67 Å². The minimum atomic E-state index is -3.54. The summed E-state index contributed by atoms with van der Waals surface area (Å²) >= 11 is 0. The molecule has 0 spiro atoms. The Bertz CT molecular complexity index is 468. The molecule has 1 aliphatic rings. The predicted molar refractivity (Wildman–Crippen MR) is 57.2 cm³/mol. The topological polar surface area (TPSA) is 75.4 Å². The van der Waals surface area contributed by atoms with E-state index in [9.17, 15) is 8.42 Å². The molecule has 90 valence electrons. The standard InChI is InChI=1S/C9H15N3O3S/c1-11-5-9(10-7-11)16(14,15)12-4-2-3-8(12)6-13/h5,7-8,13H,2-4,6H2,1H3/t8-/m1/s1. The fourth-order valence-electron chi connectivity index (χ4n) is 1.95. The minimum Gasteiger partial charge on any atom is -0.395 e. The van der Waals surface area contributed by atoms with Crippen LogP contribution in [-0.4, -0.2) is 46.6 Å². The van der Waals surface area contributed by atoms with Crippen LogP contribution in [0.3, 0.4) is 0 Å². The van der Waals surface area contributed by atoms with Gasteiger partial charge in [0.1, 0.15) is 0 Å². The van der Waals surface area contributed by atoms with Crippen LogP contribution in [0, 0.1) is 0 Å². The van der Waals surface area contributed by atoms with Crippen molar-refractivity contribution in [1.82, 2.24) is 13.9 Å². The van der Waals surface area contributed by atoms with Gasteiger partial charge in [-0.15, -0.1) is 0 Å². The van der Waals surface area contributed by atoms with E-state index in [0.29, 0.717) is 13.0 Å². The number of hydrogen-bond donors (Lipinski definition) is 1. The van der Waals surface area contributed by atoms with E-state index >= 15 is 0 Å². The molecule has 1 aromatic heterocycles. The molecule has 0 unspecified atom stereocenters. The number of hydrogen-bond acceptors (Lipinski definition) is 4. The lowest BCUT2D eigenvalue weighted by molar-refractivity contribution is 0.213. The zero-order valence-electron chi connectivity index (χ0n) is 9.07. The highest BCUT2D eigenvalue weighted by Crippen LogP contribution is 2.24. The number of aromatic nitrogens is 2. The molecule has 1 N–H and O–H groups in total. The smallest absolute Gasteiger partial charge is 0.262 e. The molecule has 1 atom stereocenters. The molecular formula is C9H15N3O3S. The largest absolute Gasteiger partial charge is 0.395 e. The lowest BCUT2D eigenvalue weighted by atomic mass is 10.2. The molecule has 6 nitrogen and oxygen atoms in total. The summed E-state index contributed by atoms with van der Waals surface area (Å²) in [4.78, 5) is 3.85. The van der Waals surface area contributed by atoms with E-state index in [1.54, 1.807) is 11.6 Å². The van der Waals surface area contributed by atoms with Crippen molar-refractivity contribution < 1.29 is 13.5 Å². The van der Waals surface area contributed by atoms with E-state index in [1.165, 1.54) is 16.8 Å². The zero-order valence-corrected chi connectivity index (χ0v) is 9.89. The molecule has 0 saturated carbocycles. The molecule has 1 aromatic rings. The van der Waals surface area contributed by atoms with Gasteiger partial charge in [-0.2, -0.15) is 4.31 Å². The number of sulfonamides is 1. The van der Waals surface area contributed by atoms with E-state index in [-0.39, 0.29) is 17.7 Å². The number of nitrogens with zero attached hydrogens (tertiary/aromatic N) is 3. The quantitative estimate of drug-likeness (QED) is 0.783. The summed E-state index contributed by atoms with van der Waals surface area (Å²) < 4.78 is 27.2. The van der Waals surface area contributed by atoms with Crippen molar-refractivity contribution in [2.24, 2.45) is 7.05 Å². The third kappa shape index (κ3) is 1.85. The van der Waals surface area contributed by atoms with Gasteiger partial charge in [0, 0.05) is 25.8 Å². The number of aliphatic hydroxyl groups is 1. The lowest BCUT2D eigenvalue weighted by Crippen LogP contribution is -2.37. The molecule has 1 fully saturated rings. The lowest BCUT2D eigenvalue weighted by Gasteiger charge is -2.20. The van der Waals surface area contributed by atoms with Crippen molar-refractivity contribution in [3.05, 3.63) is 12.5 Å². The summed E-state index contributed by atoms with van der Waals surface area (Å²) in [5.41, 5.74) is 0. The predicted octanol–water partition coefficient (Wildman–Crippen LogP) is -0.435. The molecule has 7 heteroatoms. The van der Waals surface area contributed by atoms with Crippen molar-refractivity contribution >= 4 is 10.0 Å². The highest BCUT2D eigenvalue weighted by atomic mass is 32.2. The van der Waals surface area contributed by atoms with Gasteiger partial charge in [-0.1, -0.05) is 0 Å². The monoisotopic (exact) mass is 245 g/mol.